The number of aromatic nitrogens is 2. The molecule has 0 radical (unpaired) electrons. The van der Waals surface area contributed by atoms with Gasteiger partial charge in [-0.1, -0.05) is 5.10 Å². The zero-order valence-electron chi connectivity index (χ0n) is 7.40. The van der Waals surface area contributed by atoms with Crippen molar-refractivity contribution in [2.45, 2.75) is 19.1 Å². The lowest BCUT2D eigenvalue weighted by Gasteiger charge is -2.24. The molecule has 7 nitrogen and oxygen atoms in total. The molecule has 1 fully saturated rings. The summed E-state index contributed by atoms with van der Waals surface area (Å²) in [5.41, 5.74) is 5.20. The lowest BCUT2D eigenvalue weighted by molar-refractivity contribution is -0.145. The molecule has 7 heteroatoms. The summed E-state index contributed by atoms with van der Waals surface area (Å²) in [6, 6.07) is -0.00542. The molecule has 1 unspecified atom stereocenters. The quantitative estimate of drug-likeness (QED) is 0.649. The minimum absolute atomic E-state index is 0.00542. The SMILES string of the molecule is Nc1nnc(CNC(=O)C2CCO2)o1. The van der Waals surface area contributed by atoms with Crippen LogP contribution in [0.2, 0.25) is 0 Å². The standard InChI is InChI=1S/C7H10N4O3/c8-7-11-10-5(14-7)3-9-6(12)4-1-2-13-4/h4H,1-3H2,(H2,8,11)(H,9,12). The number of nitrogens with zero attached hydrogens (tertiary/aromatic N) is 2. The Morgan fingerprint density at radius 2 is 2.43 bits per heavy atom. The number of carbonyl (C=O) groups excluding carboxylic acids is 1. The van der Waals surface area contributed by atoms with E-state index < -0.39 is 0 Å². The van der Waals surface area contributed by atoms with Gasteiger partial charge in [0.15, 0.2) is 0 Å². The summed E-state index contributed by atoms with van der Waals surface area (Å²) in [5.74, 6) is 0.128. The maximum absolute atomic E-state index is 11.2. The van der Waals surface area contributed by atoms with Gasteiger partial charge in [-0.05, 0) is 0 Å². The molecule has 1 saturated heterocycles. The highest BCUT2D eigenvalue weighted by atomic mass is 16.5. The third-order valence-corrected chi connectivity index (χ3v) is 1.89. The highest BCUT2D eigenvalue weighted by molar-refractivity contribution is 5.81. The first kappa shape index (κ1) is 8.95. The van der Waals surface area contributed by atoms with E-state index in [9.17, 15) is 4.79 Å². The predicted molar refractivity (Wildman–Crippen MR) is 44.9 cm³/mol. The molecule has 1 aliphatic rings. The molecule has 2 rings (SSSR count). The van der Waals surface area contributed by atoms with Crippen molar-refractivity contribution in [3.63, 3.8) is 0 Å². The van der Waals surface area contributed by atoms with E-state index in [2.05, 4.69) is 15.5 Å². The van der Waals surface area contributed by atoms with E-state index in [0.29, 0.717) is 6.61 Å². The van der Waals surface area contributed by atoms with Gasteiger partial charge in [-0.3, -0.25) is 4.79 Å². The number of nitrogen functional groups attached to an aromatic ring is 1. The predicted octanol–water partition coefficient (Wildman–Crippen LogP) is -0.943. The average Bonchev–Trinajstić information content (AvgIpc) is 2.45. The van der Waals surface area contributed by atoms with Gasteiger partial charge in [0, 0.05) is 6.42 Å². The van der Waals surface area contributed by atoms with Crippen LogP contribution >= 0.6 is 0 Å². The smallest absolute Gasteiger partial charge is 0.312 e. The summed E-state index contributed by atoms with van der Waals surface area (Å²) >= 11 is 0. The van der Waals surface area contributed by atoms with Crippen molar-refractivity contribution in [2.24, 2.45) is 0 Å². The molecule has 1 aromatic rings. The lowest BCUT2D eigenvalue weighted by Crippen LogP contribution is -2.42. The average molecular weight is 198 g/mol. The first-order valence-corrected chi connectivity index (χ1v) is 4.23. The Morgan fingerprint density at radius 1 is 1.64 bits per heavy atom. The van der Waals surface area contributed by atoms with Crippen LogP contribution in [0.1, 0.15) is 12.3 Å². The second-order valence-corrected chi connectivity index (χ2v) is 2.90. The molecule has 1 atom stereocenters. The van der Waals surface area contributed by atoms with E-state index in [1.807, 2.05) is 0 Å². The Labute approximate surface area is 79.6 Å². The third-order valence-electron chi connectivity index (χ3n) is 1.89. The molecule has 0 bridgehead atoms. The van der Waals surface area contributed by atoms with Gasteiger partial charge in [-0.2, -0.15) is 0 Å². The Morgan fingerprint density at radius 3 is 2.93 bits per heavy atom. The van der Waals surface area contributed by atoms with Crippen molar-refractivity contribution in [1.82, 2.24) is 15.5 Å². The van der Waals surface area contributed by atoms with Crippen LogP contribution in [0.15, 0.2) is 4.42 Å². The molecule has 0 saturated carbocycles. The third kappa shape index (κ3) is 1.82. The summed E-state index contributed by atoms with van der Waals surface area (Å²) in [6.07, 6.45) is 0.438. The Kier molecular flexibility index (Phi) is 2.32. The molecule has 76 valence electrons. The fourth-order valence-corrected chi connectivity index (χ4v) is 1.06. The van der Waals surface area contributed by atoms with Gasteiger partial charge in [-0.25, -0.2) is 0 Å². The van der Waals surface area contributed by atoms with Crippen LogP contribution in [0.3, 0.4) is 0 Å². The first-order valence-electron chi connectivity index (χ1n) is 4.23. The second-order valence-electron chi connectivity index (χ2n) is 2.90. The van der Waals surface area contributed by atoms with E-state index in [1.54, 1.807) is 0 Å². The lowest BCUT2D eigenvalue weighted by atomic mass is 10.2. The summed E-state index contributed by atoms with van der Waals surface area (Å²) in [7, 11) is 0. The Balaban J connectivity index is 1.79. The van der Waals surface area contributed by atoms with Crippen molar-refractivity contribution in [1.29, 1.82) is 0 Å². The number of nitrogens with one attached hydrogen (secondary N) is 1. The van der Waals surface area contributed by atoms with Crippen molar-refractivity contribution in [3.05, 3.63) is 5.89 Å². The number of carbonyl (C=O) groups is 1. The summed E-state index contributed by atoms with van der Waals surface area (Å²) < 4.78 is 9.85. The zero-order valence-corrected chi connectivity index (χ0v) is 7.40. The Bertz CT molecular complexity index is 333. The van der Waals surface area contributed by atoms with Crippen LogP contribution in [0.4, 0.5) is 6.01 Å². The van der Waals surface area contributed by atoms with E-state index in [-0.39, 0.29) is 30.5 Å². The van der Waals surface area contributed by atoms with E-state index in [4.69, 9.17) is 14.9 Å². The van der Waals surface area contributed by atoms with Gasteiger partial charge in [0.1, 0.15) is 6.10 Å². The summed E-state index contributed by atoms with van der Waals surface area (Å²) in [4.78, 5) is 11.2. The molecule has 1 aliphatic heterocycles. The number of amides is 1. The molecular formula is C7H10N4O3. The summed E-state index contributed by atoms with van der Waals surface area (Å²) in [5, 5.41) is 9.64. The van der Waals surface area contributed by atoms with Crippen LogP contribution in [0, 0.1) is 0 Å². The Hall–Kier alpha value is -1.63. The molecule has 0 aliphatic carbocycles. The van der Waals surface area contributed by atoms with Crippen LogP contribution in [0.25, 0.3) is 0 Å². The minimum Gasteiger partial charge on any atom is -0.406 e. The minimum atomic E-state index is -0.324. The van der Waals surface area contributed by atoms with E-state index >= 15 is 0 Å². The molecule has 14 heavy (non-hydrogen) atoms. The maximum atomic E-state index is 11.2. The van der Waals surface area contributed by atoms with Crippen molar-refractivity contribution in [2.75, 3.05) is 12.3 Å². The number of ether oxygens (including phenoxy) is 1. The highest BCUT2D eigenvalue weighted by Crippen LogP contribution is 2.10. The van der Waals surface area contributed by atoms with Crippen molar-refractivity contribution in [3.8, 4) is 0 Å². The van der Waals surface area contributed by atoms with Crippen LogP contribution < -0.4 is 11.1 Å². The van der Waals surface area contributed by atoms with Gasteiger partial charge in [0.2, 0.25) is 11.8 Å². The normalized spacial score (nSPS) is 20.1. The van der Waals surface area contributed by atoms with Crippen molar-refractivity contribution < 1.29 is 13.9 Å². The fraction of sp³-hybridized carbons (Fsp3) is 0.571. The van der Waals surface area contributed by atoms with Gasteiger partial charge >= 0.3 is 6.01 Å². The molecule has 2 heterocycles. The second kappa shape index (κ2) is 3.62. The highest BCUT2D eigenvalue weighted by Gasteiger charge is 2.26. The molecule has 3 N–H and O–H groups in total. The largest absolute Gasteiger partial charge is 0.406 e. The first-order chi connectivity index (χ1) is 6.75. The number of hydrogen-bond donors (Lipinski definition) is 2. The van der Waals surface area contributed by atoms with Gasteiger partial charge in [0.25, 0.3) is 0 Å². The van der Waals surface area contributed by atoms with E-state index in [0.717, 1.165) is 6.42 Å². The van der Waals surface area contributed by atoms with Gasteiger partial charge in [-0.15, -0.1) is 5.10 Å². The number of rotatable bonds is 3. The molecular weight excluding hydrogens is 188 g/mol. The van der Waals surface area contributed by atoms with Crippen LogP contribution in [0.5, 0.6) is 0 Å². The molecule has 0 spiro atoms. The fourth-order valence-electron chi connectivity index (χ4n) is 1.06. The van der Waals surface area contributed by atoms with Crippen LogP contribution in [-0.2, 0) is 16.1 Å². The molecule has 0 aromatic carbocycles. The topological polar surface area (TPSA) is 103 Å². The zero-order chi connectivity index (χ0) is 9.97. The summed E-state index contributed by atoms with van der Waals surface area (Å²) in [6.45, 7) is 0.828. The van der Waals surface area contributed by atoms with Crippen LogP contribution in [-0.4, -0.2) is 28.8 Å². The van der Waals surface area contributed by atoms with E-state index in [1.165, 1.54) is 0 Å². The number of hydrogen-bond acceptors (Lipinski definition) is 6. The van der Waals surface area contributed by atoms with Gasteiger partial charge < -0.3 is 20.2 Å². The molecule has 1 aromatic heterocycles. The van der Waals surface area contributed by atoms with Crippen molar-refractivity contribution >= 4 is 11.9 Å². The monoisotopic (exact) mass is 198 g/mol. The number of anilines is 1. The maximum Gasteiger partial charge on any atom is 0.312 e. The molecule has 1 amide bonds. The number of nitrogens with two attached hydrogens (primary N) is 1. The van der Waals surface area contributed by atoms with Gasteiger partial charge in [0.05, 0.1) is 13.2 Å².